The largest absolute Gasteiger partial charge is 0.491 e. The number of nitrogens with zero attached hydrogens (tertiary/aromatic N) is 1. The maximum atomic E-state index is 11.9. The van der Waals surface area contributed by atoms with Gasteiger partial charge in [0, 0.05) is 31.0 Å². The smallest absolute Gasteiger partial charge is 0.330 e. The molecule has 1 aliphatic heterocycles. The van der Waals surface area contributed by atoms with Crippen molar-refractivity contribution in [3.8, 4) is 16.9 Å². The van der Waals surface area contributed by atoms with Crippen LogP contribution in [-0.2, 0) is 14.3 Å². The van der Waals surface area contributed by atoms with Gasteiger partial charge in [0.25, 0.3) is 0 Å². The van der Waals surface area contributed by atoms with E-state index in [0.717, 1.165) is 54.1 Å². The number of carbonyl (C=O) groups is 1. The van der Waals surface area contributed by atoms with Crippen molar-refractivity contribution in [1.29, 1.82) is 0 Å². The van der Waals surface area contributed by atoms with Gasteiger partial charge in [-0.25, -0.2) is 4.79 Å². The standard InChI is InChI=1S/C28H37NO4/c1-4-6-18-31-19-20-33-26-13-9-23(10-14-26)24-11-15-27(29-17-7-8-22(29)3)25(21-24)12-16-28(30)32-5-2/h9-16,21-22H,4-8,17-20H2,1-3H3/b16-12+. The summed E-state index contributed by atoms with van der Waals surface area (Å²) in [6.45, 7) is 9.58. The second kappa shape index (κ2) is 13.0. The lowest BCUT2D eigenvalue weighted by Gasteiger charge is -2.26. The van der Waals surface area contributed by atoms with Gasteiger partial charge in [0.05, 0.1) is 13.2 Å². The molecule has 1 fully saturated rings. The second-order valence-corrected chi connectivity index (χ2v) is 8.38. The monoisotopic (exact) mass is 451 g/mol. The van der Waals surface area contributed by atoms with E-state index in [0.29, 0.717) is 25.9 Å². The second-order valence-electron chi connectivity index (χ2n) is 8.38. The van der Waals surface area contributed by atoms with E-state index < -0.39 is 0 Å². The molecule has 1 aliphatic rings. The molecule has 0 N–H and O–H groups in total. The summed E-state index contributed by atoms with van der Waals surface area (Å²) in [5.41, 5.74) is 4.39. The molecule has 178 valence electrons. The lowest BCUT2D eigenvalue weighted by Crippen LogP contribution is -2.26. The van der Waals surface area contributed by atoms with Crippen LogP contribution in [0.3, 0.4) is 0 Å². The Bertz CT molecular complexity index is 907. The fourth-order valence-corrected chi connectivity index (χ4v) is 4.08. The van der Waals surface area contributed by atoms with E-state index in [2.05, 4.69) is 49.1 Å². The molecule has 0 bridgehead atoms. The van der Waals surface area contributed by atoms with Crippen LogP contribution in [0.1, 0.15) is 52.0 Å². The third-order valence-electron chi connectivity index (χ3n) is 5.90. The SMILES string of the molecule is CCCCOCCOc1ccc(-c2ccc(N3CCCC3C)c(/C=C/C(=O)OCC)c2)cc1. The summed E-state index contributed by atoms with van der Waals surface area (Å²) >= 11 is 0. The van der Waals surface area contributed by atoms with Gasteiger partial charge in [-0.15, -0.1) is 0 Å². The molecule has 5 heteroatoms. The van der Waals surface area contributed by atoms with Crippen molar-refractivity contribution in [3.05, 3.63) is 54.1 Å². The number of rotatable bonds is 12. The van der Waals surface area contributed by atoms with Gasteiger partial charge >= 0.3 is 5.97 Å². The van der Waals surface area contributed by atoms with Crippen molar-refractivity contribution >= 4 is 17.7 Å². The first-order valence-electron chi connectivity index (χ1n) is 12.2. The summed E-state index contributed by atoms with van der Waals surface area (Å²) in [6, 6.07) is 15.1. The van der Waals surface area contributed by atoms with E-state index in [1.165, 1.54) is 18.9 Å². The highest BCUT2D eigenvalue weighted by Gasteiger charge is 2.22. The Labute approximate surface area is 198 Å². The lowest BCUT2D eigenvalue weighted by atomic mass is 10.0. The number of carbonyl (C=O) groups excluding carboxylic acids is 1. The molecule has 2 aromatic carbocycles. The lowest BCUT2D eigenvalue weighted by molar-refractivity contribution is -0.137. The van der Waals surface area contributed by atoms with E-state index in [1.807, 2.05) is 25.1 Å². The van der Waals surface area contributed by atoms with Crippen LogP contribution in [0.15, 0.2) is 48.5 Å². The summed E-state index contributed by atoms with van der Waals surface area (Å²) < 4.78 is 16.4. The minimum absolute atomic E-state index is 0.316. The first-order chi connectivity index (χ1) is 16.1. The van der Waals surface area contributed by atoms with Crippen molar-refractivity contribution in [2.45, 2.75) is 52.5 Å². The van der Waals surface area contributed by atoms with E-state index in [1.54, 1.807) is 0 Å². The van der Waals surface area contributed by atoms with E-state index in [4.69, 9.17) is 14.2 Å². The fraction of sp³-hybridized carbons (Fsp3) is 0.464. The number of hydrogen-bond donors (Lipinski definition) is 0. The first kappa shape index (κ1) is 24.8. The number of unbranched alkanes of at least 4 members (excludes halogenated alkanes) is 1. The van der Waals surface area contributed by atoms with Crippen LogP contribution < -0.4 is 9.64 Å². The van der Waals surface area contributed by atoms with Crippen molar-refractivity contribution in [2.75, 3.05) is 37.9 Å². The maximum absolute atomic E-state index is 11.9. The van der Waals surface area contributed by atoms with Crippen molar-refractivity contribution in [3.63, 3.8) is 0 Å². The van der Waals surface area contributed by atoms with E-state index in [9.17, 15) is 4.79 Å². The Hall–Kier alpha value is -2.79. The van der Waals surface area contributed by atoms with E-state index in [-0.39, 0.29) is 5.97 Å². The summed E-state index contributed by atoms with van der Waals surface area (Å²) in [6.07, 6.45) is 8.00. The highest BCUT2D eigenvalue weighted by molar-refractivity contribution is 5.89. The topological polar surface area (TPSA) is 48.0 Å². The van der Waals surface area contributed by atoms with Crippen LogP contribution in [0.25, 0.3) is 17.2 Å². The molecule has 1 atom stereocenters. The van der Waals surface area contributed by atoms with E-state index >= 15 is 0 Å². The van der Waals surface area contributed by atoms with Gasteiger partial charge < -0.3 is 19.1 Å². The molecule has 1 unspecified atom stereocenters. The van der Waals surface area contributed by atoms with Gasteiger partial charge in [-0.05, 0) is 80.1 Å². The number of hydrogen-bond acceptors (Lipinski definition) is 5. The molecule has 1 saturated heterocycles. The zero-order valence-electron chi connectivity index (χ0n) is 20.2. The first-order valence-corrected chi connectivity index (χ1v) is 12.2. The highest BCUT2D eigenvalue weighted by Crippen LogP contribution is 2.33. The summed E-state index contributed by atoms with van der Waals surface area (Å²) in [5.74, 6) is 0.520. The Morgan fingerprint density at radius 2 is 1.85 bits per heavy atom. The Morgan fingerprint density at radius 3 is 2.55 bits per heavy atom. The predicted octanol–water partition coefficient (Wildman–Crippen LogP) is 6.11. The normalized spacial score (nSPS) is 15.8. The predicted molar refractivity (Wildman–Crippen MR) is 135 cm³/mol. The fourth-order valence-electron chi connectivity index (χ4n) is 4.08. The summed E-state index contributed by atoms with van der Waals surface area (Å²) in [7, 11) is 0. The van der Waals surface area contributed by atoms with Gasteiger partial charge in [-0.3, -0.25) is 0 Å². The quantitative estimate of drug-likeness (QED) is 0.221. The molecular weight excluding hydrogens is 414 g/mol. The Kier molecular flexibility index (Phi) is 9.82. The van der Waals surface area contributed by atoms with Crippen LogP contribution in [0, 0.1) is 0 Å². The molecule has 2 aromatic rings. The van der Waals surface area contributed by atoms with Gasteiger partial charge in [-0.1, -0.05) is 31.5 Å². The maximum Gasteiger partial charge on any atom is 0.330 e. The molecule has 0 saturated carbocycles. The average molecular weight is 452 g/mol. The molecule has 3 rings (SSSR count). The van der Waals surface area contributed by atoms with Crippen LogP contribution >= 0.6 is 0 Å². The van der Waals surface area contributed by atoms with Gasteiger partial charge in [0.15, 0.2) is 0 Å². The molecule has 0 aromatic heterocycles. The third kappa shape index (κ3) is 7.36. The van der Waals surface area contributed by atoms with Crippen molar-refractivity contribution in [2.24, 2.45) is 0 Å². The molecule has 5 nitrogen and oxygen atoms in total. The van der Waals surface area contributed by atoms with Crippen molar-refractivity contribution < 1.29 is 19.0 Å². The summed E-state index contributed by atoms with van der Waals surface area (Å²) in [4.78, 5) is 14.3. The van der Waals surface area contributed by atoms with Crippen LogP contribution in [-0.4, -0.2) is 45.0 Å². The highest BCUT2D eigenvalue weighted by atomic mass is 16.5. The zero-order valence-corrected chi connectivity index (χ0v) is 20.2. The van der Waals surface area contributed by atoms with Gasteiger partial charge in [-0.2, -0.15) is 0 Å². The molecule has 1 heterocycles. The zero-order chi connectivity index (χ0) is 23.5. The Morgan fingerprint density at radius 1 is 1.06 bits per heavy atom. The van der Waals surface area contributed by atoms with Crippen LogP contribution in [0.2, 0.25) is 0 Å². The minimum atomic E-state index is -0.316. The van der Waals surface area contributed by atoms with Crippen LogP contribution in [0.4, 0.5) is 5.69 Å². The average Bonchev–Trinajstić information content (AvgIpc) is 3.26. The molecule has 0 aliphatic carbocycles. The summed E-state index contributed by atoms with van der Waals surface area (Å²) in [5, 5.41) is 0. The van der Waals surface area contributed by atoms with Crippen molar-refractivity contribution in [1.82, 2.24) is 0 Å². The Balaban J connectivity index is 1.73. The number of anilines is 1. The molecule has 0 amide bonds. The molecule has 0 spiro atoms. The number of benzene rings is 2. The number of esters is 1. The van der Waals surface area contributed by atoms with Gasteiger partial charge in [0.2, 0.25) is 0 Å². The minimum Gasteiger partial charge on any atom is -0.491 e. The van der Waals surface area contributed by atoms with Gasteiger partial charge in [0.1, 0.15) is 12.4 Å². The molecule has 33 heavy (non-hydrogen) atoms. The number of ether oxygens (including phenoxy) is 3. The molecular formula is C28H37NO4. The van der Waals surface area contributed by atoms with Crippen LogP contribution in [0.5, 0.6) is 5.75 Å². The molecule has 0 radical (unpaired) electrons. The third-order valence-corrected chi connectivity index (χ3v) is 5.90.